The monoisotopic (exact) mass is 552 g/mol. The van der Waals surface area contributed by atoms with E-state index >= 15 is 0 Å². The van der Waals surface area contributed by atoms with E-state index < -0.39 is 0 Å². The second-order valence-electron chi connectivity index (χ2n) is 8.10. The summed E-state index contributed by atoms with van der Waals surface area (Å²) in [7, 11) is 1.89. The summed E-state index contributed by atoms with van der Waals surface area (Å²) in [6.07, 6.45) is 7.73. The van der Waals surface area contributed by atoms with Gasteiger partial charge >= 0.3 is 0 Å². The van der Waals surface area contributed by atoms with E-state index in [1.807, 2.05) is 134 Å². The van der Waals surface area contributed by atoms with E-state index in [9.17, 15) is 4.79 Å². The van der Waals surface area contributed by atoms with Gasteiger partial charge in [0.15, 0.2) is 0 Å². The number of aromatic nitrogens is 1. The largest absolute Gasteiger partial charge is 0.388 e. The third kappa shape index (κ3) is 9.42. The van der Waals surface area contributed by atoms with E-state index in [1.54, 1.807) is 6.20 Å². The molecule has 1 aromatic heterocycles. The standard InChI is InChI=1S/C28H26N6O.3C2H6/c1-29-24-10-11-25-26(14-17-31-27(25)18-24)33-21-6-8-22(9-7-21)34-28(35)19-2-4-20(5-3-19)32-23-12-15-30-16-13-23;3*1-2/h2-15,17-18,29-30,32H,16H2,1H3,(H,31,33)(H,34,35);3*1-2H3. The third-order valence-corrected chi connectivity index (χ3v) is 5.71. The SMILES string of the molecule is CC.CC.CC.CNc1ccc2c(Nc3ccc(NC(=O)c4ccc(NC5=CCNC=C5)cc4)cc3)ccnc2c1. The summed E-state index contributed by atoms with van der Waals surface area (Å²) in [4.78, 5) is 17.2. The number of anilines is 5. The first-order valence-electron chi connectivity index (χ1n) is 14.4. The maximum atomic E-state index is 12.7. The van der Waals surface area contributed by atoms with Gasteiger partial charge in [-0.3, -0.25) is 9.78 Å². The van der Waals surface area contributed by atoms with Crippen LogP contribution in [0, 0.1) is 0 Å². The van der Waals surface area contributed by atoms with Crippen LogP contribution < -0.4 is 26.6 Å². The molecule has 216 valence electrons. The minimum absolute atomic E-state index is 0.154. The number of carbonyl (C=O) groups excluding carboxylic acids is 1. The summed E-state index contributed by atoms with van der Waals surface area (Å²) in [5.74, 6) is -0.154. The molecule has 7 nitrogen and oxygen atoms in total. The van der Waals surface area contributed by atoms with Crippen LogP contribution in [0.4, 0.5) is 28.4 Å². The van der Waals surface area contributed by atoms with Crippen LogP contribution in [0.5, 0.6) is 0 Å². The number of amides is 1. The van der Waals surface area contributed by atoms with Crippen molar-refractivity contribution in [3.8, 4) is 0 Å². The van der Waals surface area contributed by atoms with Crippen molar-refractivity contribution in [3.63, 3.8) is 0 Å². The molecule has 5 rings (SSSR count). The summed E-state index contributed by atoms with van der Waals surface area (Å²) in [5.41, 5.74) is 7.10. The summed E-state index contributed by atoms with van der Waals surface area (Å²) >= 11 is 0. The van der Waals surface area contributed by atoms with Gasteiger partial charge in [0.2, 0.25) is 0 Å². The minimum atomic E-state index is -0.154. The Morgan fingerprint density at radius 2 is 1.37 bits per heavy atom. The molecule has 1 amide bonds. The number of nitrogens with one attached hydrogen (secondary N) is 5. The lowest BCUT2D eigenvalue weighted by atomic mass is 10.1. The van der Waals surface area contributed by atoms with E-state index in [1.165, 1.54) is 0 Å². The van der Waals surface area contributed by atoms with Gasteiger partial charge in [0, 0.05) is 64.9 Å². The molecule has 3 aromatic carbocycles. The fourth-order valence-electron chi connectivity index (χ4n) is 3.83. The zero-order valence-electron chi connectivity index (χ0n) is 25.3. The zero-order chi connectivity index (χ0) is 30.0. The van der Waals surface area contributed by atoms with Crippen LogP contribution in [-0.4, -0.2) is 24.5 Å². The second kappa shape index (κ2) is 17.7. The lowest BCUT2D eigenvalue weighted by Gasteiger charge is -2.12. The van der Waals surface area contributed by atoms with Crippen LogP contribution in [0.3, 0.4) is 0 Å². The number of hydrogen-bond donors (Lipinski definition) is 5. The van der Waals surface area contributed by atoms with Gasteiger partial charge in [-0.15, -0.1) is 0 Å². The first-order chi connectivity index (χ1) is 20.2. The fourth-order valence-corrected chi connectivity index (χ4v) is 3.83. The van der Waals surface area contributed by atoms with Crippen LogP contribution in [0.25, 0.3) is 10.9 Å². The number of rotatable bonds is 7. The lowest BCUT2D eigenvalue weighted by molar-refractivity contribution is 0.102. The van der Waals surface area contributed by atoms with E-state index in [2.05, 4.69) is 37.6 Å². The molecule has 0 spiro atoms. The fraction of sp³-hybridized carbons (Fsp3) is 0.235. The molecule has 0 radical (unpaired) electrons. The quantitative estimate of drug-likeness (QED) is 0.157. The van der Waals surface area contributed by atoms with Crippen LogP contribution in [0.15, 0.2) is 103 Å². The number of carbonyl (C=O) groups is 1. The van der Waals surface area contributed by atoms with Crippen molar-refractivity contribution in [1.82, 2.24) is 10.3 Å². The maximum Gasteiger partial charge on any atom is 0.255 e. The Morgan fingerprint density at radius 3 is 2.00 bits per heavy atom. The number of benzene rings is 3. The number of allylic oxidation sites excluding steroid dienone is 1. The second-order valence-corrected chi connectivity index (χ2v) is 8.10. The number of nitrogens with zero attached hydrogens (tertiary/aromatic N) is 1. The summed E-state index contributed by atoms with van der Waals surface area (Å²) in [6, 6.07) is 23.1. The highest BCUT2D eigenvalue weighted by Crippen LogP contribution is 2.27. The van der Waals surface area contributed by atoms with Crippen molar-refractivity contribution < 1.29 is 4.79 Å². The van der Waals surface area contributed by atoms with Crippen molar-refractivity contribution in [2.45, 2.75) is 41.5 Å². The van der Waals surface area contributed by atoms with Crippen molar-refractivity contribution in [1.29, 1.82) is 0 Å². The normalized spacial score (nSPS) is 11.0. The van der Waals surface area contributed by atoms with Gasteiger partial charge in [0.05, 0.1) is 5.52 Å². The Labute approximate surface area is 245 Å². The maximum absolute atomic E-state index is 12.7. The Bertz CT molecular complexity index is 1410. The molecule has 1 aliphatic rings. The molecule has 0 atom stereocenters. The Hall–Kier alpha value is -4.78. The Kier molecular flexibility index (Phi) is 14.0. The molecule has 0 aliphatic carbocycles. The van der Waals surface area contributed by atoms with Gasteiger partial charge < -0.3 is 26.6 Å². The number of pyridine rings is 1. The van der Waals surface area contributed by atoms with Gasteiger partial charge in [-0.2, -0.15) is 0 Å². The smallest absolute Gasteiger partial charge is 0.255 e. The number of fused-ring (bicyclic) bond motifs is 1. The predicted molar refractivity (Wildman–Crippen MR) is 178 cm³/mol. The van der Waals surface area contributed by atoms with Crippen molar-refractivity contribution >= 4 is 45.2 Å². The molecular weight excluding hydrogens is 508 g/mol. The van der Waals surface area contributed by atoms with Gasteiger partial charge in [0.1, 0.15) is 0 Å². The van der Waals surface area contributed by atoms with Gasteiger partial charge in [-0.25, -0.2) is 0 Å². The third-order valence-electron chi connectivity index (χ3n) is 5.71. The molecule has 0 saturated carbocycles. The lowest BCUT2D eigenvalue weighted by Crippen LogP contribution is -2.13. The van der Waals surface area contributed by atoms with Crippen LogP contribution in [-0.2, 0) is 0 Å². The molecule has 4 aromatic rings. The first kappa shape index (κ1) is 32.4. The highest BCUT2D eigenvalue weighted by Gasteiger charge is 2.08. The molecule has 2 heterocycles. The minimum Gasteiger partial charge on any atom is -0.388 e. The molecule has 1 aliphatic heterocycles. The molecule has 0 bridgehead atoms. The van der Waals surface area contributed by atoms with E-state index in [0.29, 0.717) is 5.56 Å². The van der Waals surface area contributed by atoms with Crippen LogP contribution in [0.2, 0.25) is 0 Å². The molecule has 0 fully saturated rings. The van der Waals surface area contributed by atoms with E-state index in [-0.39, 0.29) is 5.91 Å². The summed E-state index contributed by atoms with van der Waals surface area (Å²) < 4.78 is 0. The molecule has 0 unspecified atom stereocenters. The number of hydrogen-bond acceptors (Lipinski definition) is 6. The highest BCUT2D eigenvalue weighted by atomic mass is 16.1. The summed E-state index contributed by atoms with van der Waals surface area (Å²) in [5, 5.41) is 17.0. The molecule has 5 N–H and O–H groups in total. The van der Waals surface area contributed by atoms with Gasteiger partial charge in [-0.05, 0) is 91.1 Å². The van der Waals surface area contributed by atoms with Crippen LogP contribution in [0.1, 0.15) is 51.9 Å². The van der Waals surface area contributed by atoms with Crippen LogP contribution >= 0.6 is 0 Å². The average molecular weight is 553 g/mol. The number of dihydropyridines is 1. The molecule has 41 heavy (non-hydrogen) atoms. The highest BCUT2D eigenvalue weighted by molar-refractivity contribution is 6.04. The molecule has 0 saturated heterocycles. The van der Waals surface area contributed by atoms with Crippen molar-refractivity contribution in [2.24, 2.45) is 0 Å². The van der Waals surface area contributed by atoms with Crippen molar-refractivity contribution in [2.75, 3.05) is 34.9 Å². The van der Waals surface area contributed by atoms with Gasteiger partial charge in [0.25, 0.3) is 5.91 Å². The first-order valence-corrected chi connectivity index (χ1v) is 14.4. The van der Waals surface area contributed by atoms with E-state index in [0.717, 1.165) is 51.6 Å². The zero-order valence-corrected chi connectivity index (χ0v) is 25.3. The molecular formula is C34H44N6O. The average Bonchev–Trinajstić information content (AvgIpc) is 3.05. The van der Waals surface area contributed by atoms with Gasteiger partial charge in [-0.1, -0.05) is 41.5 Å². The predicted octanol–water partition coefficient (Wildman–Crippen LogP) is 8.76. The Balaban J connectivity index is 0.000000921. The van der Waals surface area contributed by atoms with E-state index in [4.69, 9.17) is 0 Å². The molecule has 7 heteroatoms. The topological polar surface area (TPSA) is 90.1 Å². The summed E-state index contributed by atoms with van der Waals surface area (Å²) in [6.45, 7) is 12.8. The van der Waals surface area contributed by atoms with Crippen molar-refractivity contribution in [3.05, 3.63) is 109 Å². The Morgan fingerprint density at radius 1 is 0.756 bits per heavy atom.